The second kappa shape index (κ2) is 4.17. The SMILES string of the molecule is Cc1ccccc1N1C(=O)[C@@H]2[C@H]3C[C@H]4[C@H](O[C@]1(C(C)C)[C@H]42)[C@H]3O. The number of para-hydroxylation sites is 1. The van der Waals surface area contributed by atoms with Gasteiger partial charge in [-0.3, -0.25) is 9.69 Å². The summed E-state index contributed by atoms with van der Waals surface area (Å²) in [5, 5.41) is 10.6. The van der Waals surface area contributed by atoms with E-state index in [-0.39, 0.29) is 35.7 Å². The summed E-state index contributed by atoms with van der Waals surface area (Å²) in [6.07, 6.45) is 0.385. The minimum absolute atomic E-state index is 0.0734. The van der Waals surface area contributed by atoms with E-state index in [1.807, 2.05) is 36.1 Å². The Morgan fingerprint density at radius 3 is 2.74 bits per heavy atom. The zero-order valence-corrected chi connectivity index (χ0v) is 13.8. The van der Waals surface area contributed by atoms with Crippen molar-refractivity contribution in [2.75, 3.05) is 4.90 Å². The average molecular weight is 313 g/mol. The standard InChI is InChI=1S/C19H23NO3/c1-9(2)19-15-12-8-11(16(21)17(12)23-19)14(15)18(22)20(19)13-7-5-4-6-10(13)3/h4-7,9,11-12,14-17,21H,8H2,1-3H3/t11-,12-,14-,15-,16+,17+,19-/m1/s1. The third kappa shape index (κ3) is 1.35. The van der Waals surface area contributed by atoms with Crippen LogP contribution in [0.4, 0.5) is 5.69 Å². The summed E-state index contributed by atoms with van der Waals surface area (Å²) in [6.45, 7) is 6.34. The molecule has 0 aromatic heterocycles. The normalized spacial score (nSPS) is 46.5. The van der Waals surface area contributed by atoms with Crippen LogP contribution in [0.5, 0.6) is 0 Å². The highest BCUT2D eigenvalue weighted by molar-refractivity contribution is 6.01. The van der Waals surface area contributed by atoms with Crippen molar-refractivity contribution in [3.05, 3.63) is 29.8 Å². The molecule has 1 aromatic carbocycles. The molecule has 2 saturated carbocycles. The average Bonchev–Trinajstić information content (AvgIpc) is 3.16. The molecule has 4 nitrogen and oxygen atoms in total. The van der Waals surface area contributed by atoms with E-state index >= 15 is 0 Å². The number of benzene rings is 1. The highest BCUT2D eigenvalue weighted by atomic mass is 16.6. The van der Waals surface area contributed by atoms with E-state index in [1.54, 1.807) is 0 Å². The molecule has 2 saturated heterocycles. The summed E-state index contributed by atoms with van der Waals surface area (Å²) in [5.41, 5.74) is 1.48. The first-order valence-corrected chi connectivity index (χ1v) is 8.74. The van der Waals surface area contributed by atoms with Crippen molar-refractivity contribution in [3.8, 4) is 0 Å². The smallest absolute Gasteiger partial charge is 0.233 e. The van der Waals surface area contributed by atoms with Gasteiger partial charge in [-0.1, -0.05) is 32.0 Å². The maximum atomic E-state index is 13.4. The predicted molar refractivity (Wildman–Crippen MR) is 85.7 cm³/mol. The van der Waals surface area contributed by atoms with Crippen LogP contribution in [0, 0.1) is 36.5 Å². The number of hydrogen-bond donors (Lipinski definition) is 1. The summed E-state index contributed by atoms with van der Waals surface area (Å²) < 4.78 is 6.54. The van der Waals surface area contributed by atoms with E-state index in [1.165, 1.54) is 0 Å². The lowest BCUT2D eigenvalue weighted by Crippen LogP contribution is -2.54. The van der Waals surface area contributed by atoms with Crippen molar-refractivity contribution in [3.63, 3.8) is 0 Å². The summed E-state index contributed by atoms with van der Waals surface area (Å²) >= 11 is 0. The van der Waals surface area contributed by atoms with Gasteiger partial charge in [0, 0.05) is 17.5 Å². The molecule has 0 radical (unpaired) electrons. The van der Waals surface area contributed by atoms with Gasteiger partial charge in [-0.25, -0.2) is 0 Å². The number of amides is 1. The number of aliphatic hydroxyl groups excluding tert-OH is 1. The Bertz CT molecular complexity index is 702. The Morgan fingerprint density at radius 2 is 2.04 bits per heavy atom. The monoisotopic (exact) mass is 313 g/mol. The van der Waals surface area contributed by atoms with E-state index in [0.717, 1.165) is 17.7 Å². The van der Waals surface area contributed by atoms with Crippen molar-refractivity contribution >= 4 is 11.6 Å². The molecular formula is C19H23NO3. The Hall–Kier alpha value is -1.39. The molecule has 5 rings (SSSR count). The van der Waals surface area contributed by atoms with Gasteiger partial charge in [-0.2, -0.15) is 0 Å². The summed E-state index contributed by atoms with van der Waals surface area (Å²) in [4.78, 5) is 15.3. The van der Waals surface area contributed by atoms with Gasteiger partial charge in [0.05, 0.1) is 18.1 Å². The Labute approximate surface area is 136 Å². The number of carbonyl (C=O) groups is 1. The van der Waals surface area contributed by atoms with Crippen molar-refractivity contribution in [2.45, 2.75) is 45.1 Å². The Kier molecular flexibility index (Phi) is 2.54. The molecule has 2 bridgehead atoms. The van der Waals surface area contributed by atoms with Crippen LogP contribution in [0.15, 0.2) is 24.3 Å². The first-order valence-electron chi connectivity index (χ1n) is 8.74. The maximum absolute atomic E-state index is 13.4. The highest BCUT2D eigenvalue weighted by Gasteiger charge is 2.79. The number of aryl methyl sites for hydroxylation is 1. The van der Waals surface area contributed by atoms with Crippen molar-refractivity contribution in [2.24, 2.45) is 29.6 Å². The number of ether oxygens (including phenoxy) is 1. The lowest BCUT2D eigenvalue weighted by molar-refractivity contribution is -0.136. The van der Waals surface area contributed by atoms with Crippen molar-refractivity contribution < 1.29 is 14.6 Å². The molecule has 2 aliphatic heterocycles. The quantitative estimate of drug-likeness (QED) is 0.912. The number of carbonyl (C=O) groups excluding carboxylic acids is 1. The second-order valence-electron chi connectivity index (χ2n) is 8.05. The van der Waals surface area contributed by atoms with Crippen LogP contribution in [0.1, 0.15) is 25.8 Å². The third-order valence-electron chi connectivity index (χ3n) is 6.89. The van der Waals surface area contributed by atoms with Gasteiger partial charge in [0.1, 0.15) is 0 Å². The van der Waals surface area contributed by atoms with Crippen LogP contribution < -0.4 is 4.90 Å². The molecule has 1 aromatic rings. The number of aliphatic hydroxyl groups is 1. The largest absolute Gasteiger partial charge is 0.390 e. The van der Waals surface area contributed by atoms with Crippen LogP contribution in [0.2, 0.25) is 0 Å². The third-order valence-corrected chi connectivity index (χ3v) is 6.89. The lowest BCUT2D eigenvalue weighted by Gasteiger charge is -2.42. The number of nitrogens with zero attached hydrogens (tertiary/aromatic N) is 1. The molecule has 0 unspecified atom stereocenters. The van der Waals surface area contributed by atoms with Crippen molar-refractivity contribution in [1.29, 1.82) is 0 Å². The molecule has 1 amide bonds. The zero-order chi connectivity index (χ0) is 16.1. The molecular weight excluding hydrogens is 290 g/mol. The molecule has 7 atom stereocenters. The van der Waals surface area contributed by atoms with E-state index in [9.17, 15) is 9.90 Å². The molecule has 122 valence electrons. The fraction of sp³-hybridized carbons (Fsp3) is 0.632. The predicted octanol–water partition coefficient (Wildman–Crippen LogP) is 2.34. The Morgan fingerprint density at radius 1 is 1.30 bits per heavy atom. The molecule has 0 spiro atoms. The zero-order valence-electron chi connectivity index (χ0n) is 13.8. The van der Waals surface area contributed by atoms with Gasteiger partial charge in [0.2, 0.25) is 5.91 Å². The van der Waals surface area contributed by atoms with Gasteiger partial charge < -0.3 is 9.84 Å². The summed E-state index contributed by atoms with van der Waals surface area (Å²) in [7, 11) is 0. The van der Waals surface area contributed by atoms with Gasteiger partial charge in [0.15, 0.2) is 5.72 Å². The minimum atomic E-state index is -0.588. The van der Waals surface area contributed by atoms with Crippen molar-refractivity contribution in [1.82, 2.24) is 0 Å². The molecule has 4 heteroatoms. The fourth-order valence-corrected chi connectivity index (χ4v) is 6.11. The molecule has 1 N–H and O–H groups in total. The van der Waals surface area contributed by atoms with Gasteiger partial charge in [0.25, 0.3) is 0 Å². The van der Waals surface area contributed by atoms with Gasteiger partial charge in [-0.15, -0.1) is 0 Å². The van der Waals surface area contributed by atoms with Crippen LogP contribution in [-0.2, 0) is 9.53 Å². The molecule has 23 heavy (non-hydrogen) atoms. The Balaban J connectivity index is 1.73. The van der Waals surface area contributed by atoms with Crippen LogP contribution in [0.25, 0.3) is 0 Å². The maximum Gasteiger partial charge on any atom is 0.233 e. The van der Waals surface area contributed by atoms with Crippen LogP contribution >= 0.6 is 0 Å². The number of anilines is 1. The molecule has 4 fully saturated rings. The van der Waals surface area contributed by atoms with E-state index in [2.05, 4.69) is 13.8 Å². The molecule has 4 aliphatic rings. The van der Waals surface area contributed by atoms with E-state index in [4.69, 9.17) is 4.74 Å². The summed E-state index contributed by atoms with van der Waals surface area (Å²) in [6, 6.07) is 8.06. The van der Waals surface area contributed by atoms with Crippen LogP contribution in [0.3, 0.4) is 0 Å². The minimum Gasteiger partial charge on any atom is -0.390 e. The number of rotatable bonds is 2. The molecule has 2 aliphatic carbocycles. The topological polar surface area (TPSA) is 49.8 Å². The first kappa shape index (κ1) is 14.0. The summed E-state index contributed by atoms with van der Waals surface area (Å²) in [5.74, 6) is 0.918. The van der Waals surface area contributed by atoms with E-state index < -0.39 is 11.8 Å². The second-order valence-corrected chi connectivity index (χ2v) is 8.05. The first-order chi connectivity index (χ1) is 11.0. The number of fused-ring (bicyclic) bond motifs is 2. The van der Waals surface area contributed by atoms with Crippen LogP contribution in [-0.4, -0.2) is 28.9 Å². The van der Waals surface area contributed by atoms with Gasteiger partial charge >= 0.3 is 0 Å². The highest BCUT2D eigenvalue weighted by Crippen LogP contribution is 2.69. The van der Waals surface area contributed by atoms with E-state index in [0.29, 0.717) is 5.92 Å². The molecule has 2 heterocycles. The fourth-order valence-electron chi connectivity index (χ4n) is 6.11. The van der Waals surface area contributed by atoms with Gasteiger partial charge in [-0.05, 0) is 36.8 Å². The number of hydrogen-bond acceptors (Lipinski definition) is 3. The lowest BCUT2D eigenvalue weighted by atomic mass is 9.74.